The molecule has 1 atom stereocenters. The van der Waals surface area contributed by atoms with Gasteiger partial charge >= 0.3 is 0 Å². The van der Waals surface area contributed by atoms with Gasteiger partial charge in [0.15, 0.2) is 0 Å². The summed E-state index contributed by atoms with van der Waals surface area (Å²) >= 11 is 0. The standard InChI is InChI=1S/C21H40/c1-5-7-9-11-13-15-17-19-21(20(3)4)18-16-14-12-10-8-6-2/h20-21H,5-9,11,13-19H2,1-4H3. The van der Waals surface area contributed by atoms with Gasteiger partial charge in [0, 0.05) is 12.8 Å². The van der Waals surface area contributed by atoms with Crippen molar-refractivity contribution >= 4 is 0 Å². The van der Waals surface area contributed by atoms with Crippen molar-refractivity contribution < 1.29 is 0 Å². The molecule has 0 heteroatoms. The number of unbranched alkanes of at least 4 members (excludes halogenated alkanes) is 8. The van der Waals surface area contributed by atoms with Gasteiger partial charge in [0.1, 0.15) is 0 Å². The molecule has 0 aromatic rings. The highest BCUT2D eigenvalue weighted by Crippen LogP contribution is 2.24. The highest BCUT2D eigenvalue weighted by atomic mass is 14.2. The van der Waals surface area contributed by atoms with Gasteiger partial charge in [-0.2, -0.15) is 0 Å². The molecule has 0 nitrogen and oxygen atoms in total. The number of hydrogen-bond donors (Lipinski definition) is 0. The zero-order chi connectivity index (χ0) is 15.8. The van der Waals surface area contributed by atoms with Crippen LogP contribution in [0.5, 0.6) is 0 Å². The van der Waals surface area contributed by atoms with E-state index in [0.717, 1.165) is 24.7 Å². The second-order valence-electron chi connectivity index (χ2n) is 6.91. The maximum absolute atomic E-state index is 3.33. The molecule has 0 fully saturated rings. The first-order valence-corrected chi connectivity index (χ1v) is 9.68. The van der Waals surface area contributed by atoms with Gasteiger partial charge in [-0.05, 0) is 31.1 Å². The van der Waals surface area contributed by atoms with E-state index in [1.165, 1.54) is 70.6 Å². The summed E-state index contributed by atoms with van der Waals surface area (Å²) in [5.41, 5.74) is 0. The van der Waals surface area contributed by atoms with Crippen LogP contribution >= 0.6 is 0 Å². The zero-order valence-electron chi connectivity index (χ0n) is 15.3. The van der Waals surface area contributed by atoms with Crippen LogP contribution in [-0.4, -0.2) is 0 Å². The van der Waals surface area contributed by atoms with Crippen LogP contribution in [0.1, 0.15) is 111 Å². The van der Waals surface area contributed by atoms with Crippen molar-refractivity contribution in [2.24, 2.45) is 11.8 Å². The molecule has 0 bridgehead atoms. The van der Waals surface area contributed by atoms with Crippen LogP contribution in [0.2, 0.25) is 0 Å². The Morgan fingerprint density at radius 1 is 0.619 bits per heavy atom. The lowest BCUT2D eigenvalue weighted by Crippen LogP contribution is -2.08. The fourth-order valence-electron chi connectivity index (χ4n) is 2.93. The molecule has 0 heterocycles. The quantitative estimate of drug-likeness (QED) is 0.245. The molecule has 0 rings (SSSR count). The maximum Gasteiger partial charge on any atom is 0.00887 e. The van der Waals surface area contributed by atoms with E-state index in [1.807, 2.05) is 0 Å². The lowest BCUT2D eigenvalue weighted by Gasteiger charge is -2.20. The molecule has 0 spiro atoms. The van der Waals surface area contributed by atoms with Gasteiger partial charge in [-0.3, -0.25) is 0 Å². The van der Waals surface area contributed by atoms with Crippen LogP contribution in [0, 0.1) is 23.7 Å². The molecule has 0 aromatic heterocycles. The highest BCUT2D eigenvalue weighted by Gasteiger charge is 2.12. The first kappa shape index (κ1) is 20.6. The van der Waals surface area contributed by atoms with Crippen LogP contribution in [0.4, 0.5) is 0 Å². The lowest BCUT2D eigenvalue weighted by atomic mass is 9.86. The Hall–Kier alpha value is -0.440. The topological polar surface area (TPSA) is 0 Å². The molecule has 0 radical (unpaired) electrons. The third-order valence-corrected chi connectivity index (χ3v) is 4.50. The number of rotatable bonds is 13. The third-order valence-electron chi connectivity index (χ3n) is 4.50. The predicted molar refractivity (Wildman–Crippen MR) is 97.5 cm³/mol. The second-order valence-corrected chi connectivity index (χ2v) is 6.91. The summed E-state index contributed by atoms with van der Waals surface area (Å²) in [6.45, 7) is 9.29. The second kappa shape index (κ2) is 15.9. The van der Waals surface area contributed by atoms with Crippen molar-refractivity contribution in [2.45, 2.75) is 111 Å². The predicted octanol–water partition coefficient (Wildman–Crippen LogP) is 7.37. The molecule has 0 aromatic carbocycles. The van der Waals surface area contributed by atoms with Gasteiger partial charge in [0.2, 0.25) is 0 Å². The summed E-state index contributed by atoms with van der Waals surface area (Å²) in [6.07, 6.45) is 17.5. The van der Waals surface area contributed by atoms with E-state index in [4.69, 9.17) is 0 Å². The Balaban J connectivity index is 3.61. The Labute approximate surface area is 135 Å². The highest BCUT2D eigenvalue weighted by molar-refractivity contribution is 4.98. The summed E-state index contributed by atoms with van der Waals surface area (Å²) in [6, 6.07) is 0. The van der Waals surface area contributed by atoms with E-state index in [-0.39, 0.29) is 0 Å². The molecule has 0 aliphatic carbocycles. The summed E-state index contributed by atoms with van der Waals surface area (Å²) < 4.78 is 0. The van der Waals surface area contributed by atoms with Crippen molar-refractivity contribution in [3.05, 3.63) is 0 Å². The Morgan fingerprint density at radius 2 is 1.19 bits per heavy atom. The molecule has 0 saturated carbocycles. The van der Waals surface area contributed by atoms with E-state index < -0.39 is 0 Å². The van der Waals surface area contributed by atoms with Crippen molar-refractivity contribution in [2.75, 3.05) is 0 Å². The van der Waals surface area contributed by atoms with E-state index in [9.17, 15) is 0 Å². The van der Waals surface area contributed by atoms with E-state index in [2.05, 4.69) is 39.5 Å². The average Bonchev–Trinajstić information content (AvgIpc) is 2.47. The Kier molecular flexibility index (Phi) is 15.6. The van der Waals surface area contributed by atoms with Crippen LogP contribution < -0.4 is 0 Å². The van der Waals surface area contributed by atoms with Crippen LogP contribution in [0.3, 0.4) is 0 Å². The molecule has 21 heavy (non-hydrogen) atoms. The minimum Gasteiger partial charge on any atom is -0.103 e. The van der Waals surface area contributed by atoms with Gasteiger partial charge in [0.25, 0.3) is 0 Å². The minimum atomic E-state index is 0.841. The van der Waals surface area contributed by atoms with Crippen LogP contribution in [-0.2, 0) is 0 Å². The first-order valence-electron chi connectivity index (χ1n) is 9.68. The number of hydrogen-bond acceptors (Lipinski definition) is 0. The van der Waals surface area contributed by atoms with Crippen molar-refractivity contribution in [3.8, 4) is 11.8 Å². The lowest BCUT2D eigenvalue weighted by molar-refractivity contribution is 0.318. The summed E-state index contributed by atoms with van der Waals surface area (Å²) in [7, 11) is 0. The van der Waals surface area contributed by atoms with Crippen LogP contribution in [0.15, 0.2) is 0 Å². The summed E-state index contributed by atoms with van der Waals surface area (Å²) in [5.74, 6) is 8.36. The van der Waals surface area contributed by atoms with Crippen LogP contribution in [0.25, 0.3) is 0 Å². The van der Waals surface area contributed by atoms with E-state index >= 15 is 0 Å². The molecule has 0 N–H and O–H groups in total. The van der Waals surface area contributed by atoms with Crippen molar-refractivity contribution in [3.63, 3.8) is 0 Å². The minimum absolute atomic E-state index is 0.841. The van der Waals surface area contributed by atoms with E-state index in [0.29, 0.717) is 0 Å². The van der Waals surface area contributed by atoms with Gasteiger partial charge < -0.3 is 0 Å². The van der Waals surface area contributed by atoms with Crippen molar-refractivity contribution in [1.29, 1.82) is 0 Å². The molecular weight excluding hydrogens is 252 g/mol. The molecule has 124 valence electrons. The van der Waals surface area contributed by atoms with Gasteiger partial charge in [-0.25, -0.2) is 0 Å². The fraction of sp³-hybridized carbons (Fsp3) is 0.905. The van der Waals surface area contributed by atoms with E-state index in [1.54, 1.807) is 0 Å². The third kappa shape index (κ3) is 14.3. The van der Waals surface area contributed by atoms with Gasteiger partial charge in [-0.15, -0.1) is 11.8 Å². The van der Waals surface area contributed by atoms with Crippen molar-refractivity contribution in [1.82, 2.24) is 0 Å². The Bertz CT molecular complexity index is 253. The Morgan fingerprint density at radius 3 is 1.81 bits per heavy atom. The normalized spacial score (nSPS) is 12.2. The summed E-state index contributed by atoms with van der Waals surface area (Å²) in [5, 5.41) is 0. The average molecular weight is 293 g/mol. The molecule has 0 saturated heterocycles. The fourth-order valence-corrected chi connectivity index (χ4v) is 2.93. The summed E-state index contributed by atoms with van der Waals surface area (Å²) in [4.78, 5) is 0. The monoisotopic (exact) mass is 292 g/mol. The van der Waals surface area contributed by atoms with Gasteiger partial charge in [-0.1, -0.05) is 79.1 Å². The maximum atomic E-state index is 3.33. The molecule has 1 unspecified atom stereocenters. The smallest absolute Gasteiger partial charge is 0.00887 e. The molecule has 0 aliphatic heterocycles. The SMILES string of the molecule is CCCC#CCCCC(CCCCCCCCC)C(C)C. The zero-order valence-corrected chi connectivity index (χ0v) is 15.3. The largest absolute Gasteiger partial charge is 0.103 e. The molecule has 0 aliphatic rings. The molecular formula is C21H40. The van der Waals surface area contributed by atoms with Gasteiger partial charge in [0.05, 0.1) is 0 Å². The first-order chi connectivity index (χ1) is 10.2. The molecule has 0 amide bonds.